The molecule has 1 aromatic carbocycles. The van der Waals surface area contributed by atoms with E-state index in [4.69, 9.17) is 16.7 Å². The van der Waals surface area contributed by atoms with Crippen LogP contribution in [0.4, 0.5) is 5.69 Å². The maximum absolute atomic E-state index is 10.5. The summed E-state index contributed by atoms with van der Waals surface area (Å²) in [5.74, 6) is -0.990. The molecule has 0 fully saturated rings. The van der Waals surface area contributed by atoms with Crippen molar-refractivity contribution in [3.8, 4) is 0 Å². The Hall–Kier alpha value is -1.30. The van der Waals surface area contributed by atoms with Crippen molar-refractivity contribution in [2.45, 2.75) is 6.54 Å². The normalized spacial score (nSPS) is 11.0. The minimum atomic E-state index is -0.990. The van der Waals surface area contributed by atoms with E-state index in [9.17, 15) is 4.79 Å². The zero-order valence-corrected chi connectivity index (χ0v) is 14.4. The molecule has 0 radical (unpaired) electrons. The van der Waals surface area contributed by atoms with Gasteiger partial charge in [0.15, 0.2) is 0 Å². The van der Waals surface area contributed by atoms with Gasteiger partial charge in [-0.3, -0.25) is 0 Å². The molecule has 0 aliphatic rings. The number of benzene rings is 1. The predicted molar refractivity (Wildman–Crippen MR) is 92.2 cm³/mol. The molecule has 0 unspecified atom stereocenters. The molecule has 0 saturated carbocycles. The molecule has 0 atom stereocenters. The fraction of sp³-hybridized carbons (Fsp3) is 0.133. The van der Waals surface area contributed by atoms with Crippen molar-refractivity contribution in [1.29, 1.82) is 0 Å². The van der Waals surface area contributed by atoms with Gasteiger partial charge in [0.1, 0.15) is 0 Å². The van der Waals surface area contributed by atoms with E-state index >= 15 is 0 Å². The van der Waals surface area contributed by atoms with Gasteiger partial charge in [0.05, 0.1) is 6.54 Å². The summed E-state index contributed by atoms with van der Waals surface area (Å²) in [5, 5.41) is 11.2. The molecule has 0 aliphatic carbocycles. The average Bonchev–Trinajstić information content (AvgIpc) is 2.82. The van der Waals surface area contributed by atoms with E-state index in [1.54, 1.807) is 11.3 Å². The quantitative estimate of drug-likeness (QED) is 0.743. The smallest absolute Gasteiger partial charge is 0.328 e. The van der Waals surface area contributed by atoms with Crippen LogP contribution in [0.5, 0.6) is 0 Å². The minimum Gasteiger partial charge on any atom is -0.478 e. The third-order valence-electron chi connectivity index (χ3n) is 2.85. The van der Waals surface area contributed by atoms with E-state index in [2.05, 4.69) is 32.3 Å². The largest absolute Gasteiger partial charge is 0.478 e. The lowest BCUT2D eigenvalue weighted by atomic mass is 10.2. The van der Waals surface area contributed by atoms with E-state index in [-0.39, 0.29) is 0 Å². The molecule has 1 N–H and O–H groups in total. The van der Waals surface area contributed by atoms with Gasteiger partial charge in [-0.15, -0.1) is 11.3 Å². The highest BCUT2D eigenvalue weighted by molar-refractivity contribution is 9.10. The average molecular weight is 387 g/mol. The Labute approximate surface area is 140 Å². The number of hydrogen-bond acceptors (Lipinski definition) is 3. The lowest BCUT2D eigenvalue weighted by molar-refractivity contribution is -0.131. The van der Waals surface area contributed by atoms with E-state index in [0.717, 1.165) is 22.8 Å². The Morgan fingerprint density at radius 3 is 2.81 bits per heavy atom. The molecule has 3 nitrogen and oxygen atoms in total. The fourth-order valence-corrected chi connectivity index (χ4v) is 3.55. The zero-order chi connectivity index (χ0) is 15.4. The van der Waals surface area contributed by atoms with Gasteiger partial charge in [0, 0.05) is 38.6 Å². The van der Waals surface area contributed by atoms with E-state index in [1.807, 2.05) is 25.2 Å². The Balaban J connectivity index is 2.13. The molecule has 2 aromatic rings. The summed E-state index contributed by atoms with van der Waals surface area (Å²) in [6.45, 7) is 0.789. The van der Waals surface area contributed by atoms with Crippen molar-refractivity contribution < 1.29 is 9.90 Å². The molecule has 0 bridgehead atoms. The van der Waals surface area contributed by atoms with Gasteiger partial charge >= 0.3 is 5.97 Å². The van der Waals surface area contributed by atoms with Gasteiger partial charge in [0.2, 0.25) is 0 Å². The highest BCUT2D eigenvalue weighted by Crippen LogP contribution is 2.27. The fourth-order valence-electron chi connectivity index (χ4n) is 1.81. The molecule has 110 valence electrons. The van der Waals surface area contributed by atoms with Crippen LogP contribution in [0.25, 0.3) is 6.08 Å². The third-order valence-corrected chi connectivity index (χ3v) is 4.85. The second-order valence-electron chi connectivity index (χ2n) is 4.46. The highest BCUT2D eigenvalue weighted by Gasteiger charge is 2.07. The van der Waals surface area contributed by atoms with Crippen LogP contribution in [-0.4, -0.2) is 18.1 Å². The number of thiophene rings is 1. The van der Waals surface area contributed by atoms with Gasteiger partial charge in [-0.25, -0.2) is 4.79 Å². The summed E-state index contributed by atoms with van der Waals surface area (Å²) in [5.41, 5.74) is 1.67. The number of anilines is 1. The van der Waals surface area contributed by atoms with Crippen LogP contribution in [0.15, 0.2) is 40.2 Å². The van der Waals surface area contributed by atoms with Gasteiger partial charge in [-0.1, -0.05) is 17.7 Å². The number of carbonyl (C=O) groups is 1. The molecular weight excluding hydrogens is 374 g/mol. The highest BCUT2D eigenvalue weighted by atomic mass is 79.9. The first-order valence-electron chi connectivity index (χ1n) is 6.10. The minimum absolute atomic E-state index is 0.532. The Bertz CT molecular complexity index is 684. The van der Waals surface area contributed by atoms with Crippen LogP contribution in [0.2, 0.25) is 5.02 Å². The summed E-state index contributed by atoms with van der Waals surface area (Å²) in [6, 6.07) is 7.67. The Kier molecular flexibility index (Phi) is 5.45. The summed E-state index contributed by atoms with van der Waals surface area (Å²) in [4.78, 5) is 13.9. The molecule has 0 spiro atoms. The van der Waals surface area contributed by atoms with E-state index < -0.39 is 5.97 Å². The zero-order valence-electron chi connectivity index (χ0n) is 11.2. The van der Waals surface area contributed by atoms with Gasteiger partial charge in [-0.2, -0.15) is 0 Å². The molecule has 0 saturated heterocycles. The standard InChI is InChI=1S/C15H13BrClNO2S/c1-18(8-13-6-11(16)9-21-13)12-4-2-10(14(17)7-12)3-5-15(19)20/h2-7,9H,8H2,1H3,(H,19,20)/b5-3+. The maximum atomic E-state index is 10.5. The van der Waals surface area contributed by atoms with Gasteiger partial charge < -0.3 is 10.0 Å². The maximum Gasteiger partial charge on any atom is 0.328 e. The van der Waals surface area contributed by atoms with Gasteiger partial charge in [0.25, 0.3) is 0 Å². The first-order chi connectivity index (χ1) is 9.95. The second-order valence-corrected chi connectivity index (χ2v) is 6.78. The number of hydrogen-bond donors (Lipinski definition) is 1. The van der Waals surface area contributed by atoms with Crippen molar-refractivity contribution in [2.24, 2.45) is 0 Å². The van der Waals surface area contributed by atoms with Crippen molar-refractivity contribution >= 4 is 56.6 Å². The molecule has 2 rings (SSSR count). The third kappa shape index (κ3) is 4.59. The Morgan fingerprint density at radius 2 is 2.24 bits per heavy atom. The number of aliphatic carboxylic acids is 1. The summed E-state index contributed by atoms with van der Waals surface area (Å²) in [7, 11) is 1.99. The van der Waals surface area contributed by atoms with Crippen LogP contribution >= 0.6 is 38.9 Å². The molecule has 6 heteroatoms. The second kappa shape index (κ2) is 7.11. The number of rotatable bonds is 5. The summed E-state index contributed by atoms with van der Waals surface area (Å²) >= 11 is 11.3. The van der Waals surface area contributed by atoms with Crippen molar-refractivity contribution in [3.63, 3.8) is 0 Å². The number of halogens is 2. The monoisotopic (exact) mass is 385 g/mol. The summed E-state index contributed by atoms with van der Waals surface area (Å²) < 4.78 is 1.09. The number of carboxylic acids is 1. The van der Waals surface area contributed by atoms with Crippen LogP contribution in [-0.2, 0) is 11.3 Å². The first kappa shape index (κ1) is 16.1. The number of nitrogens with zero attached hydrogens (tertiary/aromatic N) is 1. The van der Waals surface area contributed by atoms with Crippen LogP contribution in [0.1, 0.15) is 10.4 Å². The lowest BCUT2D eigenvalue weighted by Gasteiger charge is -2.19. The Morgan fingerprint density at radius 1 is 1.48 bits per heavy atom. The molecule has 0 aliphatic heterocycles. The molecular formula is C15H13BrClNO2S. The SMILES string of the molecule is CN(Cc1cc(Br)cs1)c1ccc(/C=C/C(=O)O)c(Cl)c1. The lowest BCUT2D eigenvalue weighted by Crippen LogP contribution is -2.15. The molecule has 0 amide bonds. The topological polar surface area (TPSA) is 40.5 Å². The van der Waals surface area contributed by atoms with Crippen LogP contribution in [0, 0.1) is 0 Å². The van der Waals surface area contributed by atoms with E-state index in [1.165, 1.54) is 11.0 Å². The van der Waals surface area contributed by atoms with Crippen LogP contribution < -0.4 is 4.90 Å². The van der Waals surface area contributed by atoms with Crippen LogP contribution in [0.3, 0.4) is 0 Å². The predicted octanol–water partition coefficient (Wildman–Crippen LogP) is 4.90. The van der Waals surface area contributed by atoms with E-state index in [0.29, 0.717) is 10.6 Å². The van der Waals surface area contributed by atoms with Crippen molar-refractivity contribution in [2.75, 3.05) is 11.9 Å². The summed E-state index contributed by atoms with van der Waals surface area (Å²) in [6.07, 6.45) is 2.57. The van der Waals surface area contributed by atoms with Gasteiger partial charge in [-0.05, 0) is 45.8 Å². The molecule has 21 heavy (non-hydrogen) atoms. The van der Waals surface area contributed by atoms with Crippen molar-refractivity contribution in [1.82, 2.24) is 0 Å². The first-order valence-corrected chi connectivity index (χ1v) is 8.15. The number of carboxylic acid groups (broad SMARTS) is 1. The molecule has 1 aromatic heterocycles. The molecule has 1 heterocycles. The van der Waals surface area contributed by atoms with Crippen molar-refractivity contribution in [3.05, 3.63) is 55.7 Å².